The van der Waals surface area contributed by atoms with E-state index in [9.17, 15) is 0 Å². The smallest absolute Gasteiger partial charge is 0.0679 e. The highest BCUT2D eigenvalue weighted by molar-refractivity contribution is 4.87. The molecule has 0 bridgehead atoms. The molecule has 0 aromatic heterocycles. The minimum Gasteiger partial charge on any atom is -0.304 e. The first-order chi connectivity index (χ1) is 3.85. The van der Waals surface area contributed by atoms with E-state index in [4.69, 9.17) is 6.42 Å². The number of terminal acetylenes is 1. The Labute approximate surface area is 50.7 Å². The molecular formula is C6H12N2. The summed E-state index contributed by atoms with van der Waals surface area (Å²) in [6.07, 6.45) is 6.04. The molecule has 0 aromatic rings. The number of hydrogen-bond donors (Lipinski definition) is 2. The molecule has 0 aliphatic carbocycles. The Morgan fingerprint density at radius 3 is 2.12 bits per heavy atom. The minimum absolute atomic E-state index is 0.264. The molecule has 0 aromatic carbocycles. The predicted octanol–water partition coefficient (Wildman–Crippen LogP) is -0.225. The average Bonchev–Trinajstić information content (AvgIpc) is 1.83. The summed E-state index contributed by atoms with van der Waals surface area (Å²) in [7, 11) is 3.75. The van der Waals surface area contributed by atoms with Crippen LogP contribution in [0.3, 0.4) is 0 Å². The van der Waals surface area contributed by atoms with E-state index in [1.807, 2.05) is 14.1 Å². The summed E-state index contributed by atoms with van der Waals surface area (Å²) in [5.74, 6) is 2.54. The van der Waals surface area contributed by atoms with Crippen molar-refractivity contribution >= 4 is 0 Å². The third kappa shape index (κ3) is 2.62. The molecule has 2 nitrogen and oxygen atoms in total. The van der Waals surface area contributed by atoms with E-state index < -0.39 is 0 Å². The molecule has 0 fully saturated rings. The van der Waals surface area contributed by atoms with Gasteiger partial charge in [-0.25, -0.2) is 0 Å². The summed E-state index contributed by atoms with van der Waals surface area (Å²) in [6.45, 7) is 0. The molecule has 0 amide bonds. The van der Waals surface area contributed by atoms with Crippen molar-refractivity contribution in [1.29, 1.82) is 0 Å². The van der Waals surface area contributed by atoms with Crippen LogP contribution in [0.2, 0.25) is 0 Å². The van der Waals surface area contributed by atoms with Crippen LogP contribution in [0.4, 0.5) is 0 Å². The van der Waals surface area contributed by atoms with Gasteiger partial charge in [0.1, 0.15) is 0 Å². The lowest BCUT2D eigenvalue weighted by Gasteiger charge is -2.09. The standard InChI is InChI=1S/C6H12N2/c1-4-5-6(7-2)8-3/h1,6-8H,5H2,2-3H3. The third-order valence-electron chi connectivity index (χ3n) is 1.02. The molecular weight excluding hydrogens is 100 g/mol. The molecule has 0 unspecified atom stereocenters. The highest BCUT2D eigenvalue weighted by atomic mass is 15.1. The summed E-state index contributed by atoms with van der Waals surface area (Å²) < 4.78 is 0. The van der Waals surface area contributed by atoms with Crippen molar-refractivity contribution in [2.24, 2.45) is 0 Å². The second kappa shape index (κ2) is 4.63. The first-order valence-corrected chi connectivity index (χ1v) is 2.63. The fourth-order valence-corrected chi connectivity index (χ4v) is 0.466. The lowest BCUT2D eigenvalue weighted by molar-refractivity contribution is 0.506. The zero-order valence-corrected chi connectivity index (χ0v) is 5.36. The molecule has 0 rings (SSSR count). The van der Waals surface area contributed by atoms with Crippen molar-refractivity contribution < 1.29 is 0 Å². The van der Waals surface area contributed by atoms with E-state index in [1.165, 1.54) is 0 Å². The van der Waals surface area contributed by atoms with Gasteiger partial charge in [0.05, 0.1) is 6.17 Å². The first kappa shape index (κ1) is 7.48. The molecule has 0 aliphatic rings. The summed E-state index contributed by atoms with van der Waals surface area (Å²) in [5, 5.41) is 6.00. The van der Waals surface area contributed by atoms with E-state index in [2.05, 4.69) is 16.6 Å². The first-order valence-electron chi connectivity index (χ1n) is 2.63. The van der Waals surface area contributed by atoms with Crippen LogP contribution in [-0.4, -0.2) is 20.3 Å². The third-order valence-corrected chi connectivity index (χ3v) is 1.02. The summed E-state index contributed by atoms with van der Waals surface area (Å²) in [5.41, 5.74) is 0. The Kier molecular flexibility index (Phi) is 4.33. The Hall–Kier alpha value is -0.520. The lowest BCUT2D eigenvalue weighted by atomic mass is 10.3. The van der Waals surface area contributed by atoms with E-state index in [1.54, 1.807) is 0 Å². The van der Waals surface area contributed by atoms with Gasteiger partial charge in [-0.1, -0.05) is 0 Å². The molecule has 0 radical (unpaired) electrons. The lowest BCUT2D eigenvalue weighted by Crippen LogP contribution is -2.36. The van der Waals surface area contributed by atoms with Gasteiger partial charge in [0, 0.05) is 6.42 Å². The molecule has 0 atom stereocenters. The molecule has 2 N–H and O–H groups in total. The quantitative estimate of drug-likeness (QED) is 0.389. The number of hydrogen-bond acceptors (Lipinski definition) is 2. The Bertz CT molecular complexity index is 79.0. The fraction of sp³-hybridized carbons (Fsp3) is 0.667. The van der Waals surface area contributed by atoms with Crippen LogP contribution in [0.25, 0.3) is 0 Å². The van der Waals surface area contributed by atoms with Crippen LogP contribution >= 0.6 is 0 Å². The van der Waals surface area contributed by atoms with Crippen molar-refractivity contribution in [3.63, 3.8) is 0 Å². The molecule has 0 spiro atoms. The van der Waals surface area contributed by atoms with Gasteiger partial charge < -0.3 is 10.6 Å². The summed E-state index contributed by atoms with van der Waals surface area (Å²) in [4.78, 5) is 0. The SMILES string of the molecule is C#CCC(NC)NC. The molecule has 2 heteroatoms. The maximum Gasteiger partial charge on any atom is 0.0679 e. The van der Waals surface area contributed by atoms with E-state index in [0.29, 0.717) is 0 Å². The molecule has 46 valence electrons. The largest absolute Gasteiger partial charge is 0.304 e. The number of nitrogens with one attached hydrogen (secondary N) is 2. The highest BCUT2D eigenvalue weighted by Gasteiger charge is 1.95. The van der Waals surface area contributed by atoms with Gasteiger partial charge in [0.15, 0.2) is 0 Å². The summed E-state index contributed by atoms with van der Waals surface area (Å²) in [6, 6.07) is 0. The zero-order valence-electron chi connectivity index (χ0n) is 5.36. The van der Waals surface area contributed by atoms with Crippen LogP contribution in [0.15, 0.2) is 0 Å². The maximum absolute atomic E-state index is 5.05. The van der Waals surface area contributed by atoms with Gasteiger partial charge in [0.25, 0.3) is 0 Å². The van der Waals surface area contributed by atoms with Crippen LogP contribution in [-0.2, 0) is 0 Å². The van der Waals surface area contributed by atoms with Crippen LogP contribution in [0.1, 0.15) is 6.42 Å². The molecule has 0 saturated carbocycles. The fourth-order valence-electron chi connectivity index (χ4n) is 0.466. The van der Waals surface area contributed by atoms with Crippen LogP contribution in [0, 0.1) is 12.3 Å². The number of rotatable bonds is 3. The molecule has 0 aliphatic heterocycles. The van der Waals surface area contributed by atoms with Crippen molar-refractivity contribution in [3.05, 3.63) is 0 Å². The second-order valence-corrected chi connectivity index (χ2v) is 1.54. The van der Waals surface area contributed by atoms with Gasteiger partial charge in [-0.3, -0.25) is 0 Å². The Morgan fingerprint density at radius 2 is 2.00 bits per heavy atom. The van der Waals surface area contributed by atoms with E-state index in [0.717, 1.165) is 6.42 Å². The van der Waals surface area contributed by atoms with E-state index in [-0.39, 0.29) is 6.17 Å². The van der Waals surface area contributed by atoms with E-state index >= 15 is 0 Å². The second-order valence-electron chi connectivity index (χ2n) is 1.54. The van der Waals surface area contributed by atoms with Crippen molar-refractivity contribution in [3.8, 4) is 12.3 Å². The maximum atomic E-state index is 5.05. The van der Waals surface area contributed by atoms with Crippen LogP contribution in [0.5, 0.6) is 0 Å². The summed E-state index contributed by atoms with van der Waals surface area (Å²) >= 11 is 0. The van der Waals surface area contributed by atoms with Gasteiger partial charge >= 0.3 is 0 Å². The molecule has 0 saturated heterocycles. The highest BCUT2D eigenvalue weighted by Crippen LogP contribution is 1.79. The Balaban J connectivity index is 3.25. The monoisotopic (exact) mass is 112 g/mol. The predicted molar refractivity (Wildman–Crippen MR) is 35.4 cm³/mol. The van der Waals surface area contributed by atoms with Gasteiger partial charge in [0.2, 0.25) is 0 Å². The van der Waals surface area contributed by atoms with Gasteiger partial charge in [-0.2, -0.15) is 0 Å². The normalized spacial score (nSPS) is 9.25. The van der Waals surface area contributed by atoms with Crippen LogP contribution < -0.4 is 10.6 Å². The zero-order chi connectivity index (χ0) is 6.41. The Morgan fingerprint density at radius 1 is 1.50 bits per heavy atom. The average molecular weight is 112 g/mol. The molecule has 8 heavy (non-hydrogen) atoms. The van der Waals surface area contributed by atoms with Gasteiger partial charge in [-0.05, 0) is 14.1 Å². The van der Waals surface area contributed by atoms with Gasteiger partial charge in [-0.15, -0.1) is 12.3 Å². The van der Waals surface area contributed by atoms with Crippen molar-refractivity contribution in [1.82, 2.24) is 10.6 Å². The minimum atomic E-state index is 0.264. The molecule has 0 heterocycles. The van der Waals surface area contributed by atoms with Crippen molar-refractivity contribution in [2.75, 3.05) is 14.1 Å². The van der Waals surface area contributed by atoms with Crippen molar-refractivity contribution in [2.45, 2.75) is 12.6 Å². The topological polar surface area (TPSA) is 24.1 Å².